The molecule has 0 aliphatic carbocycles. The van der Waals surface area contributed by atoms with Crippen molar-refractivity contribution in [1.82, 2.24) is 5.32 Å². The third-order valence-corrected chi connectivity index (χ3v) is 7.38. The van der Waals surface area contributed by atoms with E-state index in [9.17, 15) is 18.0 Å². The summed E-state index contributed by atoms with van der Waals surface area (Å²) in [6.07, 6.45) is 0. The van der Waals surface area contributed by atoms with Crippen molar-refractivity contribution in [2.24, 2.45) is 0 Å². The number of nitrogens with zero attached hydrogens (tertiary/aromatic N) is 1. The van der Waals surface area contributed by atoms with Gasteiger partial charge in [-0.25, -0.2) is 8.42 Å². The van der Waals surface area contributed by atoms with E-state index in [1.807, 2.05) is 6.92 Å². The van der Waals surface area contributed by atoms with Gasteiger partial charge in [0.1, 0.15) is 6.54 Å². The fraction of sp³-hybridized carbons (Fsp3) is 0.231. The highest BCUT2D eigenvalue weighted by Gasteiger charge is 2.29. The second-order valence-corrected chi connectivity index (χ2v) is 10.4. The van der Waals surface area contributed by atoms with Gasteiger partial charge in [0.25, 0.3) is 15.9 Å². The van der Waals surface area contributed by atoms with Gasteiger partial charge in [0.15, 0.2) is 0 Å². The van der Waals surface area contributed by atoms with Gasteiger partial charge in [-0.1, -0.05) is 47.5 Å². The van der Waals surface area contributed by atoms with Crippen molar-refractivity contribution in [3.63, 3.8) is 0 Å². The number of benzene rings is 3. The van der Waals surface area contributed by atoms with Crippen molar-refractivity contribution >= 4 is 44.8 Å². The summed E-state index contributed by atoms with van der Waals surface area (Å²) in [6, 6.07) is 17.7. The minimum absolute atomic E-state index is 0.0400. The lowest BCUT2D eigenvalue weighted by Crippen LogP contribution is -2.39. The SMILES string of the molecule is COCCNC(=O)c1ccccc1NC(=O)CN(c1cc(Cl)ccc1C)S(=O)(=O)c1ccc(C)cc1. The van der Waals surface area contributed by atoms with Crippen LogP contribution in [-0.2, 0) is 19.6 Å². The first-order valence-corrected chi connectivity index (χ1v) is 13.0. The van der Waals surface area contributed by atoms with Crippen LogP contribution in [0.1, 0.15) is 21.5 Å². The molecule has 0 atom stereocenters. The van der Waals surface area contributed by atoms with Crippen LogP contribution in [0, 0.1) is 13.8 Å². The summed E-state index contributed by atoms with van der Waals surface area (Å²) in [5.74, 6) is -1.01. The van der Waals surface area contributed by atoms with Gasteiger partial charge in [-0.05, 0) is 55.8 Å². The summed E-state index contributed by atoms with van der Waals surface area (Å²) in [5, 5.41) is 5.72. The number of para-hydroxylation sites is 1. The van der Waals surface area contributed by atoms with E-state index in [2.05, 4.69) is 10.6 Å². The second kappa shape index (κ2) is 12.0. The average Bonchev–Trinajstić information content (AvgIpc) is 2.85. The summed E-state index contributed by atoms with van der Waals surface area (Å²) >= 11 is 6.18. The van der Waals surface area contributed by atoms with Gasteiger partial charge >= 0.3 is 0 Å². The van der Waals surface area contributed by atoms with Crippen LogP contribution in [0.15, 0.2) is 71.6 Å². The lowest BCUT2D eigenvalue weighted by Gasteiger charge is -2.26. The Hall–Kier alpha value is -3.40. The first-order valence-electron chi connectivity index (χ1n) is 11.1. The Balaban J connectivity index is 1.93. The molecule has 190 valence electrons. The fourth-order valence-corrected chi connectivity index (χ4v) is 5.10. The number of ether oxygens (including phenoxy) is 1. The smallest absolute Gasteiger partial charge is 0.264 e. The van der Waals surface area contributed by atoms with Crippen molar-refractivity contribution in [3.8, 4) is 0 Å². The van der Waals surface area contributed by atoms with E-state index in [-0.39, 0.29) is 21.8 Å². The number of nitrogens with one attached hydrogen (secondary N) is 2. The molecule has 0 heterocycles. The maximum atomic E-state index is 13.6. The van der Waals surface area contributed by atoms with Gasteiger partial charge in [0, 0.05) is 18.7 Å². The van der Waals surface area contributed by atoms with Crippen LogP contribution in [-0.4, -0.2) is 47.0 Å². The molecule has 8 nitrogen and oxygen atoms in total. The zero-order valence-corrected chi connectivity index (χ0v) is 21.8. The van der Waals surface area contributed by atoms with E-state index in [4.69, 9.17) is 16.3 Å². The Kier molecular flexibility index (Phi) is 9.08. The summed E-state index contributed by atoms with van der Waals surface area (Å²) in [7, 11) is -2.59. The molecule has 0 saturated carbocycles. The quantitative estimate of drug-likeness (QED) is 0.384. The number of sulfonamides is 1. The highest BCUT2D eigenvalue weighted by molar-refractivity contribution is 7.92. The third-order valence-electron chi connectivity index (χ3n) is 5.37. The molecule has 0 radical (unpaired) electrons. The largest absolute Gasteiger partial charge is 0.383 e. The van der Waals surface area contributed by atoms with Gasteiger partial charge in [0.05, 0.1) is 28.4 Å². The molecule has 0 unspecified atom stereocenters. The molecule has 3 rings (SSSR count). The number of carbonyl (C=O) groups is 2. The van der Waals surface area contributed by atoms with Crippen LogP contribution in [0.25, 0.3) is 0 Å². The molecule has 36 heavy (non-hydrogen) atoms. The number of hydrogen-bond acceptors (Lipinski definition) is 5. The molecule has 0 bridgehead atoms. The number of carbonyl (C=O) groups excluding carboxylic acids is 2. The second-order valence-electron chi connectivity index (χ2n) is 8.10. The summed E-state index contributed by atoms with van der Waals surface area (Å²) in [6.45, 7) is 3.70. The van der Waals surface area contributed by atoms with Gasteiger partial charge in [0.2, 0.25) is 5.91 Å². The molecule has 0 aliphatic rings. The normalized spacial score (nSPS) is 11.1. The van der Waals surface area contributed by atoms with E-state index in [1.165, 1.54) is 25.3 Å². The molecule has 2 N–H and O–H groups in total. The van der Waals surface area contributed by atoms with Gasteiger partial charge in [-0.2, -0.15) is 0 Å². The van der Waals surface area contributed by atoms with Crippen LogP contribution < -0.4 is 14.9 Å². The first-order chi connectivity index (χ1) is 17.1. The standard InChI is InChI=1S/C26H28ClN3O5S/c1-18-8-12-21(13-9-18)36(33,34)30(24-16-20(27)11-10-19(24)2)17-25(31)29-23-7-5-4-6-22(23)26(32)28-14-15-35-3/h4-13,16H,14-15,17H2,1-3H3,(H,28,32)(H,29,31). The lowest BCUT2D eigenvalue weighted by atomic mass is 10.1. The number of amides is 2. The Morgan fingerprint density at radius 1 is 1.00 bits per heavy atom. The molecule has 0 spiro atoms. The number of aryl methyl sites for hydroxylation is 2. The Bertz CT molecular complexity index is 1340. The number of anilines is 2. The lowest BCUT2D eigenvalue weighted by molar-refractivity contribution is -0.114. The Morgan fingerprint density at radius 2 is 1.69 bits per heavy atom. The Labute approximate surface area is 216 Å². The maximum absolute atomic E-state index is 13.6. The minimum Gasteiger partial charge on any atom is -0.383 e. The average molecular weight is 530 g/mol. The zero-order valence-electron chi connectivity index (χ0n) is 20.2. The van der Waals surface area contributed by atoms with E-state index in [0.29, 0.717) is 23.7 Å². The molecular weight excluding hydrogens is 502 g/mol. The molecule has 10 heteroatoms. The highest BCUT2D eigenvalue weighted by Crippen LogP contribution is 2.30. The maximum Gasteiger partial charge on any atom is 0.264 e. The van der Waals surface area contributed by atoms with Crippen LogP contribution >= 0.6 is 11.6 Å². The fourth-order valence-electron chi connectivity index (χ4n) is 3.46. The molecule has 0 aromatic heterocycles. The van der Waals surface area contributed by atoms with Crippen molar-refractivity contribution in [1.29, 1.82) is 0 Å². The topological polar surface area (TPSA) is 105 Å². The van der Waals surface area contributed by atoms with E-state index in [1.54, 1.807) is 55.5 Å². The van der Waals surface area contributed by atoms with Gasteiger partial charge < -0.3 is 15.4 Å². The predicted octanol–water partition coefficient (Wildman–Crippen LogP) is 4.17. The van der Waals surface area contributed by atoms with Gasteiger partial charge in [-0.15, -0.1) is 0 Å². The first kappa shape index (κ1) is 27.2. The zero-order chi connectivity index (χ0) is 26.3. The molecular formula is C26H28ClN3O5S. The van der Waals surface area contributed by atoms with Crippen molar-refractivity contribution in [3.05, 3.63) is 88.4 Å². The molecule has 0 fully saturated rings. The molecule has 0 aliphatic heterocycles. The van der Waals surface area contributed by atoms with Crippen molar-refractivity contribution in [2.75, 3.05) is 36.4 Å². The third kappa shape index (κ3) is 6.63. The number of methoxy groups -OCH3 is 1. The Morgan fingerprint density at radius 3 is 2.39 bits per heavy atom. The van der Waals surface area contributed by atoms with E-state index >= 15 is 0 Å². The van der Waals surface area contributed by atoms with Crippen molar-refractivity contribution < 1.29 is 22.7 Å². The summed E-state index contributed by atoms with van der Waals surface area (Å²) in [5.41, 5.74) is 2.31. The van der Waals surface area contributed by atoms with Gasteiger partial charge in [-0.3, -0.25) is 13.9 Å². The van der Waals surface area contributed by atoms with Crippen LogP contribution in [0.5, 0.6) is 0 Å². The molecule has 3 aromatic carbocycles. The van der Waals surface area contributed by atoms with E-state index < -0.39 is 28.4 Å². The molecule has 2 amide bonds. The van der Waals surface area contributed by atoms with E-state index in [0.717, 1.165) is 9.87 Å². The summed E-state index contributed by atoms with van der Waals surface area (Å²) in [4.78, 5) is 25.8. The van der Waals surface area contributed by atoms with Crippen molar-refractivity contribution in [2.45, 2.75) is 18.7 Å². The number of halogens is 1. The summed E-state index contributed by atoms with van der Waals surface area (Å²) < 4.78 is 33.3. The number of rotatable bonds is 10. The van der Waals surface area contributed by atoms with Crippen LogP contribution in [0.4, 0.5) is 11.4 Å². The highest BCUT2D eigenvalue weighted by atomic mass is 35.5. The van der Waals surface area contributed by atoms with Crippen LogP contribution in [0.2, 0.25) is 5.02 Å². The molecule has 0 saturated heterocycles. The minimum atomic E-state index is -4.12. The number of hydrogen-bond donors (Lipinski definition) is 2. The predicted molar refractivity (Wildman–Crippen MR) is 141 cm³/mol. The monoisotopic (exact) mass is 529 g/mol. The molecule has 3 aromatic rings. The van der Waals surface area contributed by atoms with Crippen LogP contribution in [0.3, 0.4) is 0 Å².